The normalized spacial score (nSPS) is 13.6. The zero-order chi connectivity index (χ0) is 22.0. The van der Waals surface area contributed by atoms with E-state index in [1.807, 2.05) is 5.38 Å². The van der Waals surface area contributed by atoms with E-state index in [0.29, 0.717) is 16.3 Å². The number of rotatable bonds is 6. The summed E-state index contributed by atoms with van der Waals surface area (Å²) in [5, 5.41) is 27.0. The van der Waals surface area contributed by atoms with Gasteiger partial charge in [0.15, 0.2) is 0 Å². The Morgan fingerprint density at radius 2 is 1.97 bits per heavy atom. The van der Waals surface area contributed by atoms with Crippen molar-refractivity contribution in [2.45, 2.75) is 25.0 Å². The molecule has 1 N–H and O–H groups in total. The number of halogens is 3. The molecule has 0 aliphatic rings. The van der Waals surface area contributed by atoms with E-state index in [4.69, 9.17) is 5.26 Å². The van der Waals surface area contributed by atoms with Crippen molar-refractivity contribution in [3.05, 3.63) is 88.3 Å². The largest absolute Gasteiger partial charge is 0.382 e. The molecule has 0 unspecified atom stereocenters. The fraction of sp³-hybridized carbons (Fsp3) is 0.182. The van der Waals surface area contributed by atoms with Crippen molar-refractivity contribution >= 4 is 23.7 Å². The Hall–Kier alpha value is -3.19. The van der Waals surface area contributed by atoms with Crippen LogP contribution < -0.4 is 0 Å². The van der Waals surface area contributed by atoms with Crippen LogP contribution >= 0.6 is 23.7 Å². The van der Waals surface area contributed by atoms with Crippen LogP contribution in [0.4, 0.5) is 8.78 Å². The van der Waals surface area contributed by atoms with Crippen LogP contribution in [0.1, 0.15) is 29.0 Å². The van der Waals surface area contributed by atoms with Crippen molar-refractivity contribution < 1.29 is 13.9 Å². The van der Waals surface area contributed by atoms with E-state index in [2.05, 4.69) is 21.1 Å². The molecule has 0 aliphatic heterocycles. The van der Waals surface area contributed by atoms with Gasteiger partial charge >= 0.3 is 0 Å². The van der Waals surface area contributed by atoms with Gasteiger partial charge < -0.3 is 5.11 Å². The van der Waals surface area contributed by atoms with Crippen LogP contribution in [0.25, 0.3) is 11.3 Å². The summed E-state index contributed by atoms with van der Waals surface area (Å²) in [5.74, 6) is -2.07. The molecule has 0 saturated heterocycles. The van der Waals surface area contributed by atoms with Crippen molar-refractivity contribution in [1.29, 1.82) is 5.26 Å². The predicted octanol–water partition coefficient (Wildman–Crippen LogP) is 4.66. The topological polar surface area (TPSA) is 87.6 Å². The van der Waals surface area contributed by atoms with Crippen molar-refractivity contribution in [2.75, 3.05) is 0 Å². The SMILES string of the molecule is C[C@@H](c1nc(-c2ccc(C#N)cc2)cs1)[C@](O)(Cn1cncn1)c1cc(F)ccc1F.Cl. The van der Waals surface area contributed by atoms with Gasteiger partial charge in [-0.2, -0.15) is 10.4 Å². The summed E-state index contributed by atoms with van der Waals surface area (Å²) in [4.78, 5) is 8.49. The van der Waals surface area contributed by atoms with E-state index in [9.17, 15) is 13.9 Å². The third-order valence-electron chi connectivity index (χ3n) is 5.18. The van der Waals surface area contributed by atoms with Crippen LogP contribution in [0.15, 0.2) is 60.5 Å². The Bertz CT molecular complexity index is 1240. The maximum absolute atomic E-state index is 14.7. The molecule has 0 amide bonds. The highest BCUT2D eigenvalue weighted by atomic mass is 35.5. The van der Waals surface area contributed by atoms with Crippen LogP contribution in [0.2, 0.25) is 0 Å². The molecule has 32 heavy (non-hydrogen) atoms. The molecule has 0 radical (unpaired) electrons. The highest BCUT2D eigenvalue weighted by Crippen LogP contribution is 2.41. The maximum atomic E-state index is 14.7. The molecule has 2 aromatic heterocycles. The van der Waals surface area contributed by atoms with Crippen LogP contribution in [-0.2, 0) is 12.1 Å². The van der Waals surface area contributed by atoms with E-state index in [-0.39, 0.29) is 24.5 Å². The highest BCUT2D eigenvalue weighted by molar-refractivity contribution is 7.10. The van der Waals surface area contributed by atoms with E-state index < -0.39 is 23.2 Å². The summed E-state index contributed by atoms with van der Waals surface area (Å²) < 4.78 is 30.0. The van der Waals surface area contributed by atoms with Gasteiger partial charge in [0.1, 0.15) is 29.9 Å². The third-order valence-corrected chi connectivity index (χ3v) is 6.21. The Kier molecular flexibility index (Phi) is 6.99. The number of nitrogens with zero attached hydrogens (tertiary/aromatic N) is 5. The second-order valence-electron chi connectivity index (χ2n) is 7.12. The summed E-state index contributed by atoms with van der Waals surface area (Å²) in [6, 6.07) is 12.0. The van der Waals surface area contributed by atoms with Gasteiger partial charge in [-0.05, 0) is 30.3 Å². The van der Waals surface area contributed by atoms with Crippen molar-refractivity contribution in [2.24, 2.45) is 0 Å². The Labute approximate surface area is 193 Å². The van der Waals surface area contributed by atoms with Crippen LogP contribution in [0.5, 0.6) is 0 Å². The molecule has 2 aromatic carbocycles. The van der Waals surface area contributed by atoms with Crippen LogP contribution in [-0.4, -0.2) is 24.9 Å². The number of hydrogen-bond donors (Lipinski definition) is 1. The number of hydrogen-bond acceptors (Lipinski definition) is 6. The number of aromatic nitrogens is 4. The fourth-order valence-corrected chi connectivity index (χ4v) is 4.36. The van der Waals surface area contributed by atoms with Gasteiger partial charge in [0.2, 0.25) is 0 Å². The van der Waals surface area contributed by atoms with Gasteiger partial charge in [-0.15, -0.1) is 23.7 Å². The first kappa shape index (κ1) is 23.5. The second kappa shape index (κ2) is 9.53. The molecule has 0 fully saturated rings. The predicted molar refractivity (Wildman–Crippen MR) is 118 cm³/mol. The minimum atomic E-state index is -1.83. The Morgan fingerprint density at radius 3 is 2.62 bits per heavy atom. The van der Waals surface area contributed by atoms with E-state index in [1.165, 1.54) is 28.7 Å². The number of benzene rings is 2. The van der Waals surface area contributed by atoms with Gasteiger partial charge in [0.05, 0.1) is 28.9 Å². The molecule has 0 bridgehead atoms. The molecule has 2 heterocycles. The minimum absolute atomic E-state index is 0. The Morgan fingerprint density at radius 1 is 1.22 bits per heavy atom. The maximum Gasteiger partial charge on any atom is 0.137 e. The molecular formula is C22H18ClF2N5OS. The third kappa shape index (κ3) is 4.53. The molecule has 0 saturated carbocycles. The number of thiazole rings is 1. The molecule has 2 atom stereocenters. The van der Waals surface area contributed by atoms with E-state index in [1.54, 1.807) is 31.2 Å². The fourth-order valence-electron chi connectivity index (χ4n) is 3.38. The molecule has 6 nitrogen and oxygen atoms in total. The number of aliphatic hydroxyl groups is 1. The molecule has 0 aliphatic carbocycles. The summed E-state index contributed by atoms with van der Waals surface area (Å²) in [6.45, 7) is 1.57. The minimum Gasteiger partial charge on any atom is -0.382 e. The van der Waals surface area contributed by atoms with Crippen molar-refractivity contribution in [3.8, 4) is 17.3 Å². The van der Waals surface area contributed by atoms with Crippen LogP contribution in [0, 0.1) is 23.0 Å². The Balaban J connectivity index is 0.00000289. The molecule has 0 spiro atoms. The first-order valence-electron chi connectivity index (χ1n) is 9.37. The van der Waals surface area contributed by atoms with Gasteiger partial charge in [-0.3, -0.25) is 0 Å². The second-order valence-corrected chi connectivity index (χ2v) is 8.01. The average Bonchev–Trinajstić information content (AvgIpc) is 3.47. The van der Waals surface area contributed by atoms with E-state index in [0.717, 1.165) is 23.8 Å². The first-order valence-corrected chi connectivity index (χ1v) is 10.2. The highest BCUT2D eigenvalue weighted by Gasteiger charge is 2.41. The molecule has 10 heteroatoms. The zero-order valence-electron chi connectivity index (χ0n) is 16.8. The molecule has 164 valence electrons. The monoisotopic (exact) mass is 473 g/mol. The lowest BCUT2D eigenvalue weighted by Crippen LogP contribution is -2.38. The molecular weight excluding hydrogens is 456 g/mol. The standard InChI is InChI=1S/C22H17F2N5OS.ClH/c1-14(21-28-20(10-31-21)16-4-2-15(9-25)3-5-16)22(30,11-29-13-26-12-27-29)18-8-17(23)6-7-19(18)24;/h2-8,10,12-14,30H,11H2,1H3;1H/t14-,22+;/m0./s1. The molecule has 4 aromatic rings. The van der Waals surface area contributed by atoms with Crippen LogP contribution in [0.3, 0.4) is 0 Å². The van der Waals surface area contributed by atoms with Crippen molar-refractivity contribution in [1.82, 2.24) is 19.7 Å². The van der Waals surface area contributed by atoms with E-state index >= 15 is 0 Å². The first-order chi connectivity index (χ1) is 14.9. The van der Waals surface area contributed by atoms with Crippen molar-refractivity contribution in [3.63, 3.8) is 0 Å². The average molecular weight is 474 g/mol. The van der Waals surface area contributed by atoms with Gasteiger partial charge in [0, 0.05) is 22.4 Å². The quantitative estimate of drug-likeness (QED) is 0.440. The summed E-state index contributed by atoms with van der Waals surface area (Å²) in [7, 11) is 0. The summed E-state index contributed by atoms with van der Waals surface area (Å²) >= 11 is 1.31. The zero-order valence-corrected chi connectivity index (χ0v) is 18.4. The summed E-state index contributed by atoms with van der Waals surface area (Å²) in [5.41, 5.74) is 0.00578. The molecule has 4 rings (SSSR count). The lowest BCUT2D eigenvalue weighted by molar-refractivity contribution is -0.0114. The van der Waals surface area contributed by atoms with Gasteiger partial charge in [0.25, 0.3) is 0 Å². The van der Waals surface area contributed by atoms with Gasteiger partial charge in [-0.25, -0.2) is 23.4 Å². The lowest BCUT2D eigenvalue weighted by Gasteiger charge is -2.33. The van der Waals surface area contributed by atoms with Gasteiger partial charge in [-0.1, -0.05) is 19.1 Å². The number of nitriles is 1. The lowest BCUT2D eigenvalue weighted by atomic mass is 9.82. The smallest absolute Gasteiger partial charge is 0.137 e. The summed E-state index contributed by atoms with van der Waals surface area (Å²) in [6.07, 6.45) is 2.71.